The van der Waals surface area contributed by atoms with E-state index < -0.39 is 0 Å². The Balaban J connectivity index is 1.82. The second kappa shape index (κ2) is 8.84. The van der Waals surface area contributed by atoms with Crippen molar-refractivity contribution in [1.82, 2.24) is 15.2 Å². The van der Waals surface area contributed by atoms with Gasteiger partial charge in [0.1, 0.15) is 5.82 Å². The molecule has 0 saturated carbocycles. The molecule has 6 nitrogen and oxygen atoms in total. The predicted octanol–water partition coefficient (Wildman–Crippen LogP) is 5.78. The van der Waals surface area contributed by atoms with Crippen molar-refractivity contribution < 1.29 is 0 Å². The molecule has 0 amide bonds. The number of nitrogens with zero attached hydrogens (tertiary/aromatic N) is 5. The van der Waals surface area contributed by atoms with Crippen LogP contribution in [-0.4, -0.2) is 20.9 Å². The molecule has 0 spiro atoms. The Morgan fingerprint density at radius 2 is 1.93 bits per heavy atom. The Kier molecular flexibility index (Phi) is 6.24. The van der Waals surface area contributed by atoms with Crippen molar-refractivity contribution in [2.45, 2.75) is 27.7 Å². The van der Waals surface area contributed by atoms with Gasteiger partial charge in [0.2, 0.25) is 0 Å². The summed E-state index contributed by atoms with van der Waals surface area (Å²) in [6.45, 7) is 12.0. The fraction of sp³-hybridized carbons (Fsp3) is 0.182. The van der Waals surface area contributed by atoms with Crippen molar-refractivity contribution in [2.75, 3.05) is 10.3 Å². The SMILES string of the molecule is C=C(C)N(C=C(C)C)c1ccc(/C(C)=N/Nc2nncc3cc(Cl)ccc23)cn1. The van der Waals surface area contributed by atoms with Gasteiger partial charge in [0.05, 0.1) is 11.9 Å². The minimum atomic E-state index is 0.570. The summed E-state index contributed by atoms with van der Waals surface area (Å²) in [5.74, 6) is 1.38. The molecule has 0 bridgehead atoms. The van der Waals surface area contributed by atoms with Crippen LogP contribution in [-0.2, 0) is 0 Å². The molecule has 3 rings (SSSR count). The Morgan fingerprint density at radius 3 is 2.59 bits per heavy atom. The van der Waals surface area contributed by atoms with Gasteiger partial charge in [-0.2, -0.15) is 10.2 Å². The van der Waals surface area contributed by atoms with Crippen molar-refractivity contribution in [3.63, 3.8) is 0 Å². The molecular weight excluding hydrogens is 384 g/mol. The lowest BCUT2D eigenvalue weighted by atomic mass is 10.2. The van der Waals surface area contributed by atoms with E-state index in [-0.39, 0.29) is 0 Å². The molecule has 0 radical (unpaired) electrons. The van der Waals surface area contributed by atoms with E-state index >= 15 is 0 Å². The summed E-state index contributed by atoms with van der Waals surface area (Å²) in [4.78, 5) is 6.52. The van der Waals surface area contributed by atoms with Gasteiger partial charge in [-0.05, 0) is 58.0 Å². The van der Waals surface area contributed by atoms with E-state index in [0.29, 0.717) is 10.8 Å². The predicted molar refractivity (Wildman–Crippen MR) is 121 cm³/mol. The van der Waals surface area contributed by atoms with Gasteiger partial charge < -0.3 is 4.90 Å². The van der Waals surface area contributed by atoms with E-state index in [0.717, 1.165) is 33.6 Å². The smallest absolute Gasteiger partial charge is 0.176 e. The van der Waals surface area contributed by atoms with Crippen LogP contribution < -0.4 is 10.3 Å². The Hall–Kier alpha value is -3.25. The van der Waals surface area contributed by atoms with Crippen LogP contribution in [0.5, 0.6) is 0 Å². The zero-order chi connectivity index (χ0) is 21.0. The zero-order valence-electron chi connectivity index (χ0n) is 16.9. The topological polar surface area (TPSA) is 66.3 Å². The molecule has 29 heavy (non-hydrogen) atoms. The van der Waals surface area contributed by atoms with E-state index in [2.05, 4.69) is 32.3 Å². The molecular formula is C22H23ClN6. The molecule has 0 aliphatic heterocycles. The lowest BCUT2D eigenvalue weighted by molar-refractivity contribution is 1.04. The fourth-order valence-corrected chi connectivity index (χ4v) is 2.90. The van der Waals surface area contributed by atoms with Gasteiger partial charge in [0.25, 0.3) is 0 Å². The number of benzene rings is 1. The van der Waals surface area contributed by atoms with Crippen LogP contribution in [0, 0.1) is 0 Å². The minimum absolute atomic E-state index is 0.570. The Labute approximate surface area is 175 Å². The number of pyridine rings is 1. The highest BCUT2D eigenvalue weighted by Crippen LogP contribution is 2.23. The molecule has 2 heterocycles. The first-order valence-electron chi connectivity index (χ1n) is 9.12. The number of hydrogen-bond acceptors (Lipinski definition) is 6. The number of allylic oxidation sites excluding steroid dienone is 2. The quantitative estimate of drug-likeness (QED) is 0.415. The van der Waals surface area contributed by atoms with Crippen LogP contribution in [0.25, 0.3) is 10.8 Å². The summed E-state index contributed by atoms with van der Waals surface area (Å²) in [5, 5.41) is 15.0. The number of anilines is 2. The highest BCUT2D eigenvalue weighted by atomic mass is 35.5. The highest BCUT2D eigenvalue weighted by Gasteiger charge is 2.08. The van der Waals surface area contributed by atoms with Gasteiger partial charge in [-0.15, -0.1) is 5.10 Å². The van der Waals surface area contributed by atoms with E-state index in [1.807, 2.05) is 69.1 Å². The molecule has 148 valence electrons. The summed E-state index contributed by atoms with van der Waals surface area (Å²) >= 11 is 6.05. The third-order valence-electron chi connectivity index (χ3n) is 4.16. The summed E-state index contributed by atoms with van der Waals surface area (Å²) in [5.41, 5.74) is 6.74. The first-order chi connectivity index (χ1) is 13.8. The number of nitrogens with one attached hydrogen (secondary N) is 1. The van der Waals surface area contributed by atoms with Crippen LogP contribution in [0.15, 0.2) is 71.9 Å². The van der Waals surface area contributed by atoms with Gasteiger partial charge in [0.15, 0.2) is 5.82 Å². The van der Waals surface area contributed by atoms with Gasteiger partial charge >= 0.3 is 0 Å². The summed E-state index contributed by atoms with van der Waals surface area (Å²) in [6.07, 6.45) is 5.48. The summed E-state index contributed by atoms with van der Waals surface area (Å²) < 4.78 is 0. The van der Waals surface area contributed by atoms with Gasteiger partial charge in [-0.3, -0.25) is 5.43 Å². The Morgan fingerprint density at radius 1 is 1.14 bits per heavy atom. The van der Waals surface area contributed by atoms with Crippen LogP contribution in [0.4, 0.5) is 11.6 Å². The number of hydrogen-bond donors (Lipinski definition) is 1. The van der Waals surface area contributed by atoms with Gasteiger partial charge in [-0.25, -0.2) is 4.98 Å². The second-order valence-corrected chi connectivity index (χ2v) is 7.39. The number of aromatic nitrogens is 3. The van der Waals surface area contributed by atoms with Crippen molar-refractivity contribution in [3.8, 4) is 0 Å². The molecule has 3 aromatic rings. The zero-order valence-corrected chi connectivity index (χ0v) is 17.7. The second-order valence-electron chi connectivity index (χ2n) is 6.95. The van der Waals surface area contributed by atoms with Crippen molar-refractivity contribution in [3.05, 3.63) is 77.4 Å². The summed E-state index contributed by atoms with van der Waals surface area (Å²) in [7, 11) is 0. The average molecular weight is 407 g/mol. The van der Waals surface area contributed by atoms with Crippen molar-refractivity contribution in [2.24, 2.45) is 5.10 Å². The molecule has 0 atom stereocenters. The lowest BCUT2D eigenvalue weighted by Crippen LogP contribution is -2.14. The molecule has 2 aromatic heterocycles. The maximum Gasteiger partial charge on any atom is 0.176 e. The monoisotopic (exact) mass is 406 g/mol. The average Bonchev–Trinajstić information content (AvgIpc) is 2.69. The van der Waals surface area contributed by atoms with E-state index in [4.69, 9.17) is 11.6 Å². The van der Waals surface area contributed by atoms with Crippen LogP contribution in [0.1, 0.15) is 33.3 Å². The van der Waals surface area contributed by atoms with E-state index in [1.54, 1.807) is 12.4 Å². The first kappa shape index (κ1) is 20.5. The molecule has 0 aliphatic rings. The molecule has 1 N–H and O–H groups in total. The molecule has 7 heteroatoms. The minimum Gasteiger partial charge on any atom is -0.307 e. The number of halogens is 1. The first-order valence-corrected chi connectivity index (χ1v) is 9.50. The highest BCUT2D eigenvalue weighted by molar-refractivity contribution is 6.31. The molecule has 0 unspecified atom stereocenters. The normalized spacial score (nSPS) is 11.3. The molecule has 0 saturated heterocycles. The fourth-order valence-electron chi connectivity index (χ4n) is 2.72. The maximum atomic E-state index is 6.05. The summed E-state index contributed by atoms with van der Waals surface area (Å²) in [6, 6.07) is 9.48. The maximum absolute atomic E-state index is 6.05. The third kappa shape index (κ3) is 4.97. The number of fused-ring (bicyclic) bond motifs is 1. The van der Waals surface area contributed by atoms with Crippen LogP contribution in [0.2, 0.25) is 5.02 Å². The van der Waals surface area contributed by atoms with Gasteiger partial charge in [-0.1, -0.05) is 23.8 Å². The molecule has 1 aromatic carbocycles. The standard InChI is InChI=1S/C22H23ClN6/c1-14(2)13-29(15(3)4)21-9-6-17(11-24-21)16(5)26-28-22-20-8-7-19(23)10-18(20)12-25-27-22/h6-13H,3H2,1-2,4-5H3,(H,27,28)/b26-16+. The van der Waals surface area contributed by atoms with E-state index in [9.17, 15) is 0 Å². The van der Waals surface area contributed by atoms with Crippen LogP contribution >= 0.6 is 11.6 Å². The number of hydrazone groups is 1. The molecule has 0 aliphatic carbocycles. The lowest BCUT2D eigenvalue weighted by Gasteiger charge is -2.20. The van der Waals surface area contributed by atoms with Gasteiger partial charge in [0, 0.05) is 39.5 Å². The molecule has 0 fully saturated rings. The van der Waals surface area contributed by atoms with Crippen molar-refractivity contribution >= 4 is 39.7 Å². The van der Waals surface area contributed by atoms with Crippen molar-refractivity contribution in [1.29, 1.82) is 0 Å². The number of rotatable bonds is 6. The third-order valence-corrected chi connectivity index (χ3v) is 4.40. The van der Waals surface area contributed by atoms with E-state index in [1.165, 1.54) is 5.57 Å². The van der Waals surface area contributed by atoms with Crippen LogP contribution in [0.3, 0.4) is 0 Å². The Bertz CT molecular complexity index is 1100. The largest absolute Gasteiger partial charge is 0.307 e.